The van der Waals surface area contributed by atoms with E-state index in [4.69, 9.17) is 5.11 Å². The zero-order valence-electron chi connectivity index (χ0n) is 10.7. The van der Waals surface area contributed by atoms with Crippen LogP contribution < -0.4 is 5.32 Å². The van der Waals surface area contributed by atoms with E-state index in [1.165, 1.54) is 0 Å². The van der Waals surface area contributed by atoms with Crippen LogP contribution in [-0.2, 0) is 11.3 Å². The first-order valence-electron chi connectivity index (χ1n) is 5.73. The summed E-state index contributed by atoms with van der Waals surface area (Å²) in [5.41, 5.74) is 2.00. The fourth-order valence-corrected chi connectivity index (χ4v) is 1.53. The van der Waals surface area contributed by atoms with Crippen LogP contribution in [0, 0.1) is 11.8 Å². The van der Waals surface area contributed by atoms with E-state index >= 15 is 0 Å². The Bertz CT molecular complexity index is 443. The second-order valence-electron chi connectivity index (χ2n) is 4.00. The van der Waals surface area contributed by atoms with Gasteiger partial charge in [-0.05, 0) is 24.7 Å². The number of rotatable bonds is 4. The van der Waals surface area contributed by atoms with Crippen LogP contribution in [-0.4, -0.2) is 43.2 Å². The highest BCUT2D eigenvalue weighted by Gasteiger charge is 2.04. The van der Waals surface area contributed by atoms with Crippen molar-refractivity contribution in [3.63, 3.8) is 0 Å². The molecule has 0 aromatic heterocycles. The van der Waals surface area contributed by atoms with Gasteiger partial charge in [-0.15, -0.1) is 0 Å². The maximum Gasteiger partial charge on any atom is 0.233 e. The van der Waals surface area contributed by atoms with Gasteiger partial charge in [0.25, 0.3) is 0 Å². The van der Waals surface area contributed by atoms with Gasteiger partial charge in [0.15, 0.2) is 0 Å². The standard InChI is InChI=1S/C14H18N2O2/c1-15-14(18)11-16(2)10-13-7-5-12(6-8-13)4-3-9-17/h5-8,17H,9-11H2,1-2H3,(H,15,18). The Hall–Kier alpha value is -1.83. The van der Waals surface area contributed by atoms with Crippen LogP contribution in [0.5, 0.6) is 0 Å². The van der Waals surface area contributed by atoms with Gasteiger partial charge >= 0.3 is 0 Å². The van der Waals surface area contributed by atoms with Crippen LogP contribution in [0.2, 0.25) is 0 Å². The van der Waals surface area contributed by atoms with Crippen molar-refractivity contribution in [2.45, 2.75) is 6.54 Å². The Morgan fingerprint density at radius 3 is 2.61 bits per heavy atom. The summed E-state index contributed by atoms with van der Waals surface area (Å²) in [6, 6.07) is 7.76. The summed E-state index contributed by atoms with van der Waals surface area (Å²) in [7, 11) is 3.53. The number of amides is 1. The lowest BCUT2D eigenvalue weighted by Crippen LogP contribution is -2.32. The normalized spacial score (nSPS) is 9.78. The van der Waals surface area contributed by atoms with Gasteiger partial charge in [0.1, 0.15) is 6.61 Å². The number of nitrogens with one attached hydrogen (secondary N) is 1. The Labute approximate surface area is 108 Å². The molecule has 1 aromatic carbocycles. The minimum absolute atomic E-state index is 0.00272. The first kappa shape index (κ1) is 14.2. The van der Waals surface area contributed by atoms with E-state index in [2.05, 4.69) is 17.2 Å². The first-order valence-corrected chi connectivity index (χ1v) is 5.73. The number of benzene rings is 1. The molecule has 1 aromatic rings. The predicted molar refractivity (Wildman–Crippen MR) is 70.8 cm³/mol. The van der Waals surface area contributed by atoms with Crippen molar-refractivity contribution in [3.8, 4) is 11.8 Å². The van der Waals surface area contributed by atoms with E-state index < -0.39 is 0 Å². The van der Waals surface area contributed by atoms with Crippen LogP contribution in [0.15, 0.2) is 24.3 Å². The molecule has 4 heteroatoms. The van der Waals surface area contributed by atoms with Gasteiger partial charge in [-0.1, -0.05) is 24.0 Å². The second-order valence-corrected chi connectivity index (χ2v) is 4.00. The van der Waals surface area contributed by atoms with Crippen LogP contribution in [0.25, 0.3) is 0 Å². The number of nitrogens with zero attached hydrogens (tertiary/aromatic N) is 1. The zero-order valence-corrected chi connectivity index (χ0v) is 10.7. The lowest BCUT2D eigenvalue weighted by atomic mass is 10.1. The maximum atomic E-state index is 11.2. The van der Waals surface area contributed by atoms with Crippen LogP contribution in [0.4, 0.5) is 0 Å². The summed E-state index contributed by atoms with van der Waals surface area (Å²) in [5.74, 6) is 5.44. The zero-order chi connectivity index (χ0) is 13.4. The minimum atomic E-state index is -0.128. The first-order chi connectivity index (χ1) is 8.65. The number of likely N-dealkylation sites (N-methyl/N-ethyl adjacent to an activating group) is 2. The molecule has 0 saturated carbocycles. The number of hydrogen-bond acceptors (Lipinski definition) is 3. The van der Waals surface area contributed by atoms with E-state index in [1.54, 1.807) is 7.05 Å². The van der Waals surface area contributed by atoms with E-state index in [-0.39, 0.29) is 12.5 Å². The Morgan fingerprint density at radius 2 is 2.06 bits per heavy atom. The van der Waals surface area contributed by atoms with Crippen molar-refractivity contribution in [3.05, 3.63) is 35.4 Å². The molecule has 0 fully saturated rings. The van der Waals surface area contributed by atoms with Gasteiger partial charge in [-0.25, -0.2) is 0 Å². The lowest BCUT2D eigenvalue weighted by molar-refractivity contribution is -0.121. The molecular formula is C14H18N2O2. The summed E-state index contributed by atoms with van der Waals surface area (Å²) in [6.45, 7) is 0.959. The van der Waals surface area contributed by atoms with Crippen LogP contribution in [0.1, 0.15) is 11.1 Å². The molecule has 0 aliphatic heterocycles. The molecule has 0 aliphatic carbocycles. The summed E-state index contributed by atoms with van der Waals surface area (Å²) in [5, 5.41) is 11.2. The van der Waals surface area contributed by atoms with Crippen molar-refractivity contribution >= 4 is 5.91 Å². The fourth-order valence-electron chi connectivity index (χ4n) is 1.53. The average Bonchev–Trinajstić information content (AvgIpc) is 2.37. The molecule has 0 spiro atoms. The number of aliphatic hydroxyl groups is 1. The number of aliphatic hydroxyl groups excluding tert-OH is 1. The topological polar surface area (TPSA) is 52.6 Å². The highest BCUT2D eigenvalue weighted by atomic mass is 16.2. The highest BCUT2D eigenvalue weighted by molar-refractivity contribution is 5.77. The molecule has 0 atom stereocenters. The largest absolute Gasteiger partial charge is 0.384 e. The third kappa shape index (κ3) is 5.00. The molecule has 18 heavy (non-hydrogen) atoms. The highest BCUT2D eigenvalue weighted by Crippen LogP contribution is 2.05. The summed E-state index contributed by atoms with van der Waals surface area (Å²) in [6.07, 6.45) is 0. The molecule has 0 unspecified atom stereocenters. The van der Waals surface area contributed by atoms with Gasteiger partial charge < -0.3 is 10.4 Å². The molecule has 96 valence electrons. The number of hydrogen-bond donors (Lipinski definition) is 2. The predicted octanol–water partition coefficient (Wildman–Crippen LogP) is 0.208. The fraction of sp³-hybridized carbons (Fsp3) is 0.357. The smallest absolute Gasteiger partial charge is 0.233 e. The Balaban J connectivity index is 2.55. The van der Waals surface area contributed by atoms with E-state index in [0.29, 0.717) is 13.1 Å². The maximum absolute atomic E-state index is 11.2. The molecule has 1 rings (SSSR count). The van der Waals surface area contributed by atoms with Gasteiger partial charge in [0, 0.05) is 19.2 Å². The molecule has 0 bridgehead atoms. The molecule has 0 radical (unpaired) electrons. The molecule has 4 nitrogen and oxygen atoms in total. The SMILES string of the molecule is CNC(=O)CN(C)Cc1ccc(C#CCO)cc1. The third-order valence-electron chi connectivity index (χ3n) is 2.41. The number of carbonyl (C=O) groups excluding carboxylic acids is 1. The van der Waals surface area contributed by atoms with Gasteiger partial charge in [-0.3, -0.25) is 9.69 Å². The minimum Gasteiger partial charge on any atom is -0.384 e. The molecule has 0 saturated heterocycles. The van der Waals surface area contributed by atoms with Crippen molar-refractivity contribution in [1.82, 2.24) is 10.2 Å². The Kier molecular flexibility index (Phi) is 5.92. The van der Waals surface area contributed by atoms with Gasteiger partial charge in [0.05, 0.1) is 6.54 Å². The number of carbonyl (C=O) groups is 1. The van der Waals surface area contributed by atoms with Crippen LogP contribution >= 0.6 is 0 Å². The van der Waals surface area contributed by atoms with E-state index in [9.17, 15) is 4.79 Å². The lowest BCUT2D eigenvalue weighted by Gasteiger charge is -2.15. The second kappa shape index (κ2) is 7.49. The molecule has 1 amide bonds. The van der Waals surface area contributed by atoms with Gasteiger partial charge in [-0.2, -0.15) is 0 Å². The van der Waals surface area contributed by atoms with Gasteiger partial charge in [0.2, 0.25) is 5.91 Å². The van der Waals surface area contributed by atoms with E-state index in [0.717, 1.165) is 11.1 Å². The van der Waals surface area contributed by atoms with Crippen molar-refractivity contribution in [2.75, 3.05) is 27.2 Å². The molecule has 0 aliphatic rings. The summed E-state index contributed by atoms with van der Waals surface area (Å²) < 4.78 is 0. The van der Waals surface area contributed by atoms with Crippen molar-refractivity contribution in [2.24, 2.45) is 0 Å². The Morgan fingerprint density at radius 1 is 1.39 bits per heavy atom. The molecule has 0 heterocycles. The third-order valence-corrected chi connectivity index (χ3v) is 2.41. The monoisotopic (exact) mass is 246 g/mol. The van der Waals surface area contributed by atoms with Crippen molar-refractivity contribution < 1.29 is 9.90 Å². The summed E-state index contributed by atoms with van der Waals surface area (Å²) in [4.78, 5) is 13.1. The van der Waals surface area contributed by atoms with Crippen molar-refractivity contribution in [1.29, 1.82) is 0 Å². The van der Waals surface area contributed by atoms with E-state index in [1.807, 2.05) is 36.2 Å². The quantitative estimate of drug-likeness (QED) is 0.747. The van der Waals surface area contributed by atoms with Crippen LogP contribution in [0.3, 0.4) is 0 Å². The average molecular weight is 246 g/mol. The molecular weight excluding hydrogens is 228 g/mol. The molecule has 2 N–H and O–H groups in total. The summed E-state index contributed by atoms with van der Waals surface area (Å²) >= 11 is 0.